The van der Waals surface area contributed by atoms with Crippen molar-refractivity contribution in [3.63, 3.8) is 0 Å². The Kier molecular flexibility index (Phi) is 4.57. The highest BCUT2D eigenvalue weighted by Gasteiger charge is 2.03. The standard InChI is InChI=1S/C20H15N3O2S/c24-20(11-10-19-22-17-4-1-2-5-18(17)26-19)25-14-15-6-8-16(9-7-15)23-13-3-12-21-23/h1-13H,14H2/b11-10+. The van der Waals surface area contributed by atoms with Crippen molar-refractivity contribution in [2.24, 2.45) is 0 Å². The monoisotopic (exact) mass is 361 g/mol. The molecule has 0 aliphatic carbocycles. The summed E-state index contributed by atoms with van der Waals surface area (Å²) in [5.41, 5.74) is 2.81. The molecule has 0 saturated carbocycles. The lowest BCUT2D eigenvalue weighted by molar-refractivity contribution is -0.138. The molecule has 4 rings (SSSR count). The van der Waals surface area contributed by atoms with Gasteiger partial charge >= 0.3 is 5.97 Å². The number of hydrogen-bond donors (Lipinski definition) is 0. The van der Waals surface area contributed by atoms with Crippen LogP contribution in [0.25, 0.3) is 22.0 Å². The molecule has 6 heteroatoms. The molecule has 2 aromatic carbocycles. The van der Waals surface area contributed by atoms with Crippen molar-refractivity contribution >= 4 is 33.6 Å². The number of nitrogens with zero attached hydrogens (tertiary/aromatic N) is 3. The molecule has 4 aromatic rings. The van der Waals surface area contributed by atoms with Gasteiger partial charge in [0.25, 0.3) is 0 Å². The van der Waals surface area contributed by atoms with Crippen LogP contribution in [0.15, 0.2) is 73.1 Å². The molecular weight excluding hydrogens is 346 g/mol. The summed E-state index contributed by atoms with van der Waals surface area (Å²) in [6, 6.07) is 17.5. The molecule has 128 valence electrons. The van der Waals surface area contributed by atoms with Gasteiger partial charge in [-0.25, -0.2) is 14.5 Å². The van der Waals surface area contributed by atoms with Crippen molar-refractivity contribution in [3.8, 4) is 5.69 Å². The number of esters is 1. The van der Waals surface area contributed by atoms with E-state index in [2.05, 4.69) is 10.1 Å². The molecule has 0 fully saturated rings. The Morgan fingerprint density at radius 3 is 2.73 bits per heavy atom. The van der Waals surface area contributed by atoms with Gasteiger partial charge in [0.1, 0.15) is 11.6 Å². The summed E-state index contributed by atoms with van der Waals surface area (Å²) in [5, 5.41) is 4.96. The number of ether oxygens (including phenoxy) is 1. The molecule has 0 atom stereocenters. The molecule has 0 aliphatic heterocycles. The normalized spacial score (nSPS) is 11.2. The fourth-order valence-electron chi connectivity index (χ4n) is 2.47. The van der Waals surface area contributed by atoms with E-state index in [-0.39, 0.29) is 12.6 Å². The Labute approximate surface area is 154 Å². The number of thiazole rings is 1. The Hall–Kier alpha value is -3.25. The van der Waals surface area contributed by atoms with Gasteiger partial charge in [0.2, 0.25) is 0 Å². The molecule has 0 bridgehead atoms. The summed E-state index contributed by atoms with van der Waals surface area (Å²) >= 11 is 1.54. The van der Waals surface area contributed by atoms with Gasteiger partial charge in [-0.1, -0.05) is 24.3 Å². The van der Waals surface area contributed by atoms with Crippen molar-refractivity contribution in [1.29, 1.82) is 0 Å². The molecule has 0 aliphatic rings. The van der Waals surface area contributed by atoms with Gasteiger partial charge in [-0.05, 0) is 42.0 Å². The van der Waals surface area contributed by atoms with Crippen molar-refractivity contribution in [2.75, 3.05) is 0 Å². The Balaban J connectivity index is 1.34. The van der Waals surface area contributed by atoms with E-state index in [0.29, 0.717) is 0 Å². The lowest BCUT2D eigenvalue weighted by Gasteiger charge is -2.04. The Morgan fingerprint density at radius 1 is 1.12 bits per heavy atom. The SMILES string of the molecule is O=C(/C=C/c1nc2ccccc2s1)OCc1ccc(-n2cccn2)cc1. The second-order valence-corrected chi connectivity index (χ2v) is 6.64. The third-order valence-electron chi connectivity index (χ3n) is 3.76. The third-order valence-corrected chi connectivity index (χ3v) is 4.76. The second-order valence-electron chi connectivity index (χ2n) is 5.58. The average Bonchev–Trinajstić information content (AvgIpc) is 3.34. The van der Waals surface area contributed by atoms with Gasteiger partial charge < -0.3 is 4.74 Å². The largest absolute Gasteiger partial charge is 0.458 e. The van der Waals surface area contributed by atoms with Gasteiger partial charge in [-0.15, -0.1) is 11.3 Å². The second kappa shape index (κ2) is 7.33. The van der Waals surface area contributed by atoms with E-state index in [4.69, 9.17) is 4.74 Å². The quantitative estimate of drug-likeness (QED) is 0.394. The Bertz CT molecular complexity index is 1020. The molecule has 2 heterocycles. The van der Waals surface area contributed by atoms with Crippen LogP contribution in [0, 0.1) is 0 Å². The van der Waals surface area contributed by atoms with Gasteiger partial charge in [0, 0.05) is 18.5 Å². The number of benzene rings is 2. The van der Waals surface area contributed by atoms with Crippen LogP contribution in [0.1, 0.15) is 10.6 Å². The predicted octanol–water partition coefficient (Wildman–Crippen LogP) is 4.24. The zero-order valence-electron chi connectivity index (χ0n) is 13.8. The summed E-state index contributed by atoms with van der Waals surface area (Å²) in [5.74, 6) is -0.389. The third kappa shape index (κ3) is 3.70. The van der Waals surface area contributed by atoms with Crippen molar-refractivity contribution in [1.82, 2.24) is 14.8 Å². The van der Waals surface area contributed by atoms with E-state index < -0.39 is 0 Å². The van der Waals surface area contributed by atoms with Gasteiger partial charge in [-0.3, -0.25) is 0 Å². The first-order valence-electron chi connectivity index (χ1n) is 8.07. The number of carbonyl (C=O) groups is 1. The van der Waals surface area contributed by atoms with Crippen LogP contribution in [0.5, 0.6) is 0 Å². The zero-order chi connectivity index (χ0) is 17.8. The number of hydrogen-bond acceptors (Lipinski definition) is 5. The van der Waals surface area contributed by atoms with Crippen LogP contribution >= 0.6 is 11.3 Å². The topological polar surface area (TPSA) is 57.0 Å². The minimum absolute atomic E-state index is 0.225. The molecule has 0 saturated heterocycles. The molecule has 0 spiro atoms. The van der Waals surface area contributed by atoms with Crippen molar-refractivity contribution in [2.45, 2.75) is 6.61 Å². The van der Waals surface area contributed by atoms with Gasteiger partial charge in [0.05, 0.1) is 15.9 Å². The summed E-state index contributed by atoms with van der Waals surface area (Å²) < 4.78 is 8.15. The zero-order valence-corrected chi connectivity index (χ0v) is 14.6. The fraction of sp³-hybridized carbons (Fsp3) is 0.0500. The maximum absolute atomic E-state index is 11.9. The smallest absolute Gasteiger partial charge is 0.331 e. The highest BCUT2D eigenvalue weighted by atomic mass is 32.1. The van der Waals surface area contributed by atoms with Crippen molar-refractivity contribution < 1.29 is 9.53 Å². The summed E-state index contributed by atoms with van der Waals surface area (Å²) in [4.78, 5) is 16.4. The molecular formula is C20H15N3O2S. The van der Waals surface area contributed by atoms with Crippen LogP contribution in [0.2, 0.25) is 0 Å². The van der Waals surface area contributed by atoms with Gasteiger partial charge in [-0.2, -0.15) is 5.10 Å². The van der Waals surface area contributed by atoms with Crippen LogP contribution in [-0.4, -0.2) is 20.7 Å². The van der Waals surface area contributed by atoms with E-state index >= 15 is 0 Å². The van der Waals surface area contributed by atoms with Crippen LogP contribution in [-0.2, 0) is 16.1 Å². The number of rotatable bonds is 5. The summed E-state index contributed by atoms with van der Waals surface area (Å²) in [6.07, 6.45) is 6.71. The van der Waals surface area contributed by atoms with Crippen LogP contribution in [0.3, 0.4) is 0 Å². The molecule has 26 heavy (non-hydrogen) atoms. The van der Waals surface area contributed by atoms with Gasteiger partial charge in [0.15, 0.2) is 0 Å². The first kappa shape index (κ1) is 16.2. The summed E-state index contributed by atoms with van der Waals surface area (Å²) in [6.45, 7) is 0.225. The number of aromatic nitrogens is 3. The molecule has 0 amide bonds. The lowest BCUT2D eigenvalue weighted by atomic mass is 10.2. The van der Waals surface area contributed by atoms with E-state index in [1.807, 2.05) is 60.8 Å². The highest BCUT2D eigenvalue weighted by molar-refractivity contribution is 7.19. The maximum Gasteiger partial charge on any atom is 0.331 e. The number of fused-ring (bicyclic) bond motifs is 1. The van der Waals surface area contributed by atoms with E-state index in [1.165, 1.54) is 6.08 Å². The lowest BCUT2D eigenvalue weighted by Crippen LogP contribution is -2.01. The highest BCUT2D eigenvalue weighted by Crippen LogP contribution is 2.22. The predicted molar refractivity (Wildman–Crippen MR) is 102 cm³/mol. The minimum atomic E-state index is -0.389. The molecule has 0 radical (unpaired) electrons. The van der Waals surface area contributed by atoms with E-state index in [9.17, 15) is 4.79 Å². The summed E-state index contributed by atoms with van der Waals surface area (Å²) in [7, 11) is 0. The number of carbonyl (C=O) groups excluding carboxylic acids is 1. The molecule has 0 unspecified atom stereocenters. The molecule has 0 N–H and O–H groups in total. The van der Waals surface area contributed by atoms with Crippen molar-refractivity contribution in [3.05, 3.63) is 83.6 Å². The first-order chi connectivity index (χ1) is 12.8. The van der Waals surface area contributed by atoms with Crippen LogP contribution in [0.4, 0.5) is 0 Å². The fourth-order valence-corrected chi connectivity index (χ4v) is 3.34. The maximum atomic E-state index is 11.9. The van der Waals surface area contributed by atoms with E-state index in [1.54, 1.807) is 28.3 Å². The Morgan fingerprint density at radius 2 is 1.96 bits per heavy atom. The molecule has 2 aromatic heterocycles. The minimum Gasteiger partial charge on any atom is -0.458 e. The first-order valence-corrected chi connectivity index (χ1v) is 8.89. The van der Waals surface area contributed by atoms with E-state index in [0.717, 1.165) is 26.5 Å². The molecule has 5 nitrogen and oxygen atoms in total. The average molecular weight is 361 g/mol. The van der Waals surface area contributed by atoms with Crippen LogP contribution < -0.4 is 0 Å². The number of para-hydroxylation sites is 1.